The van der Waals surface area contributed by atoms with Crippen LogP contribution < -0.4 is 0 Å². The van der Waals surface area contributed by atoms with E-state index in [0.717, 1.165) is 7.11 Å². The van der Waals surface area contributed by atoms with Gasteiger partial charge in [0.25, 0.3) is 11.8 Å². The van der Waals surface area contributed by atoms with E-state index in [1.807, 2.05) is 0 Å². The molecule has 0 fully saturated rings. The molecule has 0 saturated carbocycles. The van der Waals surface area contributed by atoms with Crippen LogP contribution in [0.4, 0.5) is 0 Å². The number of rotatable bonds is 5. The summed E-state index contributed by atoms with van der Waals surface area (Å²) in [6, 6.07) is 6.13. The molecular weight excluding hydrogens is 298 g/mol. The van der Waals surface area contributed by atoms with Crippen LogP contribution in [0.2, 0.25) is 0 Å². The summed E-state index contributed by atoms with van der Waals surface area (Å²) in [4.78, 5) is 35.7. The molecule has 1 aliphatic heterocycles. The Morgan fingerprint density at radius 2 is 1.67 bits per heavy atom. The summed E-state index contributed by atoms with van der Waals surface area (Å²) < 4.78 is 28.1. The molecule has 1 heterocycles. The molecule has 1 aliphatic rings. The first kappa shape index (κ1) is 15.2. The lowest BCUT2D eigenvalue weighted by atomic mass is 10.1. The van der Waals surface area contributed by atoms with Gasteiger partial charge >= 0.3 is 5.97 Å². The van der Waals surface area contributed by atoms with E-state index in [9.17, 15) is 22.8 Å². The standard InChI is InChI=1S/C13H13NO6S/c1-20-11(15)6-7-21(18,19)8-14-12(16)9-4-2-3-5-10(9)13(14)17/h2-5H,6-8H2,1H3. The molecule has 112 valence electrons. The zero-order chi connectivity index (χ0) is 15.6. The zero-order valence-corrected chi connectivity index (χ0v) is 12.1. The summed E-state index contributed by atoms with van der Waals surface area (Å²) in [6.07, 6.45) is -0.317. The first-order valence-corrected chi connectivity index (χ1v) is 7.90. The number of esters is 1. The van der Waals surface area contributed by atoms with Crippen LogP contribution in [0.1, 0.15) is 27.1 Å². The Hall–Kier alpha value is -2.22. The Balaban J connectivity index is 2.13. The minimum atomic E-state index is -3.77. The summed E-state index contributed by atoms with van der Waals surface area (Å²) in [5, 5.41) is 0. The number of imide groups is 1. The average Bonchev–Trinajstić information content (AvgIpc) is 2.70. The molecule has 7 nitrogen and oxygen atoms in total. The molecule has 21 heavy (non-hydrogen) atoms. The van der Waals surface area contributed by atoms with Gasteiger partial charge in [0.2, 0.25) is 0 Å². The molecule has 1 aromatic rings. The van der Waals surface area contributed by atoms with Crippen molar-refractivity contribution in [3.05, 3.63) is 35.4 Å². The minimum absolute atomic E-state index is 0.186. The van der Waals surface area contributed by atoms with Crippen molar-refractivity contribution < 1.29 is 27.5 Å². The van der Waals surface area contributed by atoms with Crippen LogP contribution in [0.15, 0.2) is 24.3 Å². The Kier molecular flexibility index (Phi) is 4.08. The highest BCUT2D eigenvalue weighted by molar-refractivity contribution is 7.91. The van der Waals surface area contributed by atoms with Crippen molar-refractivity contribution in [2.75, 3.05) is 18.7 Å². The zero-order valence-electron chi connectivity index (χ0n) is 11.2. The maximum Gasteiger partial charge on any atom is 0.306 e. The average molecular weight is 311 g/mol. The van der Waals surface area contributed by atoms with E-state index >= 15 is 0 Å². The van der Waals surface area contributed by atoms with Crippen molar-refractivity contribution in [3.8, 4) is 0 Å². The van der Waals surface area contributed by atoms with Gasteiger partial charge in [0.05, 0.1) is 30.4 Å². The van der Waals surface area contributed by atoms with Gasteiger partial charge in [-0.1, -0.05) is 12.1 Å². The van der Waals surface area contributed by atoms with Crippen LogP contribution in [0.5, 0.6) is 0 Å². The van der Waals surface area contributed by atoms with Gasteiger partial charge < -0.3 is 4.74 Å². The molecule has 1 aromatic carbocycles. The quantitative estimate of drug-likeness (QED) is 0.570. The lowest BCUT2D eigenvalue weighted by Crippen LogP contribution is -2.36. The van der Waals surface area contributed by atoms with Crippen molar-refractivity contribution >= 4 is 27.6 Å². The van der Waals surface area contributed by atoms with Crippen molar-refractivity contribution in [2.24, 2.45) is 0 Å². The number of carbonyl (C=O) groups is 3. The van der Waals surface area contributed by atoms with Crippen molar-refractivity contribution in [2.45, 2.75) is 6.42 Å². The number of sulfone groups is 1. The van der Waals surface area contributed by atoms with Crippen molar-refractivity contribution in [1.82, 2.24) is 4.90 Å². The number of amides is 2. The topological polar surface area (TPSA) is 97.8 Å². The Morgan fingerprint density at radius 3 is 2.14 bits per heavy atom. The Labute approximate surface area is 121 Å². The normalized spacial score (nSPS) is 14.2. The first-order chi connectivity index (χ1) is 9.85. The van der Waals surface area contributed by atoms with E-state index < -0.39 is 39.3 Å². The van der Waals surface area contributed by atoms with Gasteiger partial charge in [-0.05, 0) is 12.1 Å². The number of hydrogen-bond donors (Lipinski definition) is 0. The molecule has 0 atom stereocenters. The monoisotopic (exact) mass is 311 g/mol. The third kappa shape index (κ3) is 3.10. The predicted octanol–water partition coefficient (Wildman–Crippen LogP) is 0.218. The maximum absolute atomic E-state index is 12.0. The highest BCUT2D eigenvalue weighted by Crippen LogP contribution is 2.23. The van der Waals surface area contributed by atoms with E-state index in [1.165, 1.54) is 12.1 Å². The van der Waals surface area contributed by atoms with Gasteiger partial charge in [-0.3, -0.25) is 19.3 Å². The second kappa shape index (κ2) is 5.65. The predicted molar refractivity (Wildman–Crippen MR) is 72.2 cm³/mol. The molecule has 0 saturated heterocycles. The van der Waals surface area contributed by atoms with E-state index in [2.05, 4.69) is 4.74 Å². The fourth-order valence-corrected chi connectivity index (χ4v) is 3.19. The van der Waals surface area contributed by atoms with Crippen LogP contribution in [-0.4, -0.2) is 49.8 Å². The van der Waals surface area contributed by atoms with E-state index in [-0.39, 0.29) is 17.5 Å². The van der Waals surface area contributed by atoms with Gasteiger partial charge in [-0.15, -0.1) is 0 Å². The van der Waals surface area contributed by atoms with Crippen LogP contribution in [0, 0.1) is 0 Å². The second-order valence-electron chi connectivity index (χ2n) is 4.49. The van der Waals surface area contributed by atoms with Crippen molar-refractivity contribution in [3.63, 3.8) is 0 Å². The molecule has 2 rings (SSSR count). The van der Waals surface area contributed by atoms with Gasteiger partial charge in [0.1, 0.15) is 5.88 Å². The van der Waals surface area contributed by atoms with Crippen molar-refractivity contribution in [1.29, 1.82) is 0 Å². The summed E-state index contributed by atoms with van der Waals surface area (Å²) in [5.41, 5.74) is 0.372. The van der Waals surface area contributed by atoms with Gasteiger partial charge in [-0.25, -0.2) is 8.42 Å². The summed E-state index contributed by atoms with van der Waals surface area (Å²) in [5.74, 6) is -3.17. The number of hydrogen-bond acceptors (Lipinski definition) is 6. The van der Waals surface area contributed by atoms with Crippen LogP contribution in [-0.2, 0) is 19.4 Å². The fourth-order valence-electron chi connectivity index (χ4n) is 1.96. The number of ether oxygens (including phenoxy) is 1. The Bertz CT molecular complexity index is 674. The van der Waals surface area contributed by atoms with Crippen LogP contribution in [0.25, 0.3) is 0 Å². The molecule has 0 aliphatic carbocycles. The number of benzene rings is 1. The fraction of sp³-hybridized carbons (Fsp3) is 0.308. The maximum atomic E-state index is 12.0. The summed E-state index contributed by atoms with van der Waals surface area (Å²) in [6.45, 7) is 0. The summed E-state index contributed by atoms with van der Waals surface area (Å²) in [7, 11) is -2.62. The molecular formula is C13H13NO6S. The summed E-state index contributed by atoms with van der Waals surface area (Å²) >= 11 is 0. The van der Waals surface area contributed by atoms with E-state index in [0.29, 0.717) is 4.90 Å². The highest BCUT2D eigenvalue weighted by Gasteiger charge is 2.37. The van der Waals surface area contributed by atoms with E-state index in [4.69, 9.17) is 0 Å². The molecule has 2 amide bonds. The lowest BCUT2D eigenvalue weighted by molar-refractivity contribution is -0.140. The third-order valence-corrected chi connectivity index (χ3v) is 4.53. The smallest absolute Gasteiger partial charge is 0.306 e. The molecule has 0 bridgehead atoms. The van der Waals surface area contributed by atoms with Crippen LogP contribution in [0.3, 0.4) is 0 Å². The molecule has 0 radical (unpaired) electrons. The minimum Gasteiger partial charge on any atom is -0.469 e. The molecule has 0 spiro atoms. The first-order valence-electron chi connectivity index (χ1n) is 6.08. The number of methoxy groups -OCH3 is 1. The SMILES string of the molecule is COC(=O)CCS(=O)(=O)CN1C(=O)c2ccccc2C1=O. The second-order valence-corrected chi connectivity index (χ2v) is 6.64. The molecule has 0 aromatic heterocycles. The highest BCUT2D eigenvalue weighted by atomic mass is 32.2. The molecule has 0 unspecified atom stereocenters. The lowest BCUT2D eigenvalue weighted by Gasteiger charge is -2.13. The number of nitrogens with zero attached hydrogens (tertiary/aromatic N) is 1. The third-order valence-electron chi connectivity index (χ3n) is 3.05. The Morgan fingerprint density at radius 1 is 1.14 bits per heavy atom. The largest absolute Gasteiger partial charge is 0.469 e. The number of carbonyl (C=O) groups excluding carboxylic acids is 3. The van der Waals surface area contributed by atoms with Gasteiger partial charge in [-0.2, -0.15) is 0 Å². The molecule has 0 N–H and O–H groups in total. The number of fused-ring (bicyclic) bond motifs is 1. The molecule has 8 heteroatoms. The van der Waals surface area contributed by atoms with Gasteiger partial charge in [0.15, 0.2) is 9.84 Å². The van der Waals surface area contributed by atoms with Gasteiger partial charge in [0, 0.05) is 0 Å². The van der Waals surface area contributed by atoms with E-state index in [1.54, 1.807) is 12.1 Å². The van der Waals surface area contributed by atoms with Crippen LogP contribution >= 0.6 is 0 Å².